The Kier molecular flexibility index (Phi) is 5.73. The number of amides is 1. The van der Waals surface area contributed by atoms with Crippen LogP contribution in [-0.2, 0) is 11.8 Å². The predicted molar refractivity (Wildman–Crippen MR) is 81.8 cm³/mol. The lowest BCUT2D eigenvalue weighted by atomic mass is 10.0. The van der Waals surface area contributed by atoms with Crippen LogP contribution in [0.4, 0.5) is 5.82 Å². The Hall–Kier alpha value is -1.85. The van der Waals surface area contributed by atoms with Gasteiger partial charge in [-0.15, -0.1) is 12.4 Å². The number of rotatable bonds is 4. The van der Waals surface area contributed by atoms with E-state index in [0.717, 1.165) is 11.3 Å². The van der Waals surface area contributed by atoms with Crippen molar-refractivity contribution in [3.8, 4) is 0 Å². The van der Waals surface area contributed by atoms with Crippen LogP contribution in [0, 0.1) is 6.92 Å². The van der Waals surface area contributed by atoms with Gasteiger partial charge in [0.2, 0.25) is 5.91 Å². The number of anilines is 1. The van der Waals surface area contributed by atoms with Gasteiger partial charge in [-0.2, -0.15) is 5.10 Å². The topological polar surface area (TPSA) is 72.9 Å². The summed E-state index contributed by atoms with van der Waals surface area (Å²) in [7, 11) is 1.79. The molecule has 1 atom stereocenters. The Bertz CT molecular complexity index is 568. The second-order valence-corrected chi connectivity index (χ2v) is 4.56. The molecule has 20 heavy (non-hydrogen) atoms. The Labute approximate surface area is 124 Å². The number of nitrogens with one attached hydrogen (secondary N) is 1. The first kappa shape index (κ1) is 16.2. The highest BCUT2D eigenvalue weighted by Gasteiger charge is 2.13. The molecular formula is C14H19ClN4O. The minimum atomic E-state index is -0.296. The zero-order chi connectivity index (χ0) is 13.8. The first-order valence-electron chi connectivity index (χ1n) is 6.17. The van der Waals surface area contributed by atoms with Crippen molar-refractivity contribution in [2.45, 2.75) is 19.4 Å². The van der Waals surface area contributed by atoms with E-state index in [2.05, 4.69) is 10.4 Å². The van der Waals surface area contributed by atoms with Crippen LogP contribution in [-0.4, -0.2) is 15.7 Å². The van der Waals surface area contributed by atoms with Crippen LogP contribution in [0.2, 0.25) is 0 Å². The molecule has 0 aliphatic heterocycles. The molecule has 0 spiro atoms. The highest BCUT2D eigenvalue weighted by molar-refractivity contribution is 5.90. The molecule has 0 aliphatic carbocycles. The van der Waals surface area contributed by atoms with Crippen molar-refractivity contribution in [3.63, 3.8) is 0 Å². The number of halogens is 1. The van der Waals surface area contributed by atoms with Crippen LogP contribution in [0.5, 0.6) is 0 Å². The molecule has 1 aromatic carbocycles. The molecule has 5 nitrogen and oxygen atoms in total. The number of hydrogen-bond acceptors (Lipinski definition) is 3. The van der Waals surface area contributed by atoms with Crippen molar-refractivity contribution in [2.75, 3.05) is 5.32 Å². The average Bonchev–Trinajstić information content (AvgIpc) is 2.68. The summed E-state index contributed by atoms with van der Waals surface area (Å²) >= 11 is 0. The number of aryl methyl sites for hydroxylation is 2. The third kappa shape index (κ3) is 4.08. The van der Waals surface area contributed by atoms with Gasteiger partial charge in [0.05, 0.1) is 5.69 Å². The lowest BCUT2D eigenvalue weighted by Gasteiger charge is -2.12. The molecule has 3 N–H and O–H groups in total. The molecule has 1 unspecified atom stereocenters. The van der Waals surface area contributed by atoms with E-state index in [-0.39, 0.29) is 30.8 Å². The summed E-state index contributed by atoms with van der Waals surface area (Å²) in [6, 6.07) is 11.1. The molecule has 0 bridgehead atoms. The Morgan fingerprint density at radius 1 is 1.40 bits per heavy atom. The summed E-state index contributed by atoms with van der Waals surface area (Å²) in [6.07, 6.45) is 0.244. The maximum Gasteiger partial charge on any atom is 0.227 e. The standard InChI is InChI=1S/C14H18N4O.ClH/c1-10-8-13(18(2)17-10)16-14(19)9-12(15)11-6-4-3-5-7-11;/h3-8,12H,9,15H2,1-2H3,(H,16,19);1H. The number of aromatic nitrogens is 2. The number of hydrogen-bond donors (Lipinski definition) is 2. The number of benzene rings is 1. The van der Waals surface area contributed by atoms with Crippen LogP contribution in [0.1, 0.15) is 23.7 Å². The fourth-order valence-corrected chi connectivity index (χ4v) is 1.94. The molecule has 108 valence electrons. The van der Waals surface area contributed by atoms with Gasteiger partial charge in [0.25, 0.3) is 0 Å². The quantitative estimate of drug-likeness (QED) is 0.908. The van der Waals surface area contributed by atoms with Gasteiger partial charge in [-0.1, -0.05) is 30.3 Å². The average molecular weight is 295 g/mol. The molecule has 1 amide bonds. The molecular weight excluding hydrogens is 276 g/mol. The van der Waals surface area contributed by atoms with Gasteiger partial charge in [-0.3, -0.25) is 9.48 Å². The van der Waals surface area contributed by atoms with E-state index in [1.807, 2.05) is 43.3 Å². The van der Waals surface area contributed by atoms with Crippen molar-refractivity contribution in [3.05, 3.63) is 47.7 Å². The number of nitrogens with two attached hydrogens (primary N) is 1. The van der Waals surface area contributed by atoms with E-state index in [4.69, 9.17) is 5.73 Å². The van der Waals surface area contributed by atoms with Crippen LogP contribution < -0.4 is 11.1 Å². The number of carbonyl (C=O) groups is 1. The molecule has 2 rings (SSSR count). The van der Waals surface area contributed by atoms with Crippen molar-refractivity contribution in [1.82, 2.24) is 9.78 Å². The largest absolute Gasteiger partial charge is 0.324 e. The molecule has 0 radical (unpaired) electrons. The van der Waals surface area contributed by atoms with Gasteiger partial charge in [0, 0.05) is 25.6 Å². The van der Waals surface area contributed by atoms with Gasteiger partial charge in [0.1, 0.15) is 5.82 Å². The molecule has 0 saturated carbocycles. The predicted octanol–water partition coefficient (Wildman–Crippen LogP) is 2.18. The fourth-order valence-electron chi connectivity index (χ4n) is 1.94. The van der Waals surface area contributed by atoms with Crippen LogP contribution in [0.15, 0.2) is 36.4 Å². The summed E-state index contributed by atoms with van der Waals surface area (Å²) in [5.41, 5.74) is 7.83. The lowest BCUT2D eigenvalue weighted by Crippen LogP contribution is -2.21. The summed E-state index contributed by atoms with van der Waals surface area (Å²) < 4.78 is 1.64. The Morgan fingerprint density at radius 2 is 2.05 bits per heavy atom. The van der Waals surface area contributed by atoms with Crippen LogP contribution >= 0.6 is 12.4 Å². The van der Waals surface area contributed by atoms with Gasteiger partial charge >= 0.3 is 0 Å². The minimum absolute atomic E-state index is 0. The third-order valence-electron chi connectivity index (χ3n) is 2.90. The van der Waals surface area contributed by atoms with E-state index < -0.39 is 0 Å². The molecule has 6 heteroatoms. The van der Waals surface area contributed by atoms with Crippen molar-refractivity contribution in [2.24, 2.45) is 12.8 Å². The SMILES string of the molecule is Cc1cc(NC(=O)CC(N)c2ccccc2)n(C)n1.Cl. The fraction of sp³-hybridized carbons (Fsp3) is 0.286. The maximum absolute atomic E-state index is 11.9. The van der Waals surface area contributed by atoms with Gasteiger partial charge in [-0.25, -0.2) is 0 Å². The Morgan fingerprint density at radius 3 is 2.60 bits per heavy atom. The summed E-state index contributed by atoms with van der Waals surface area (Å²) in [6.45, 7) is 1.88. The second-order valence-electron chi connectivity index (χ2n) is 4.56. The van der Waals surface area contributed by atoms with Gasteiger partial charge in [0.15, 0.2) is 0 Å². The van der Waals surface area contributed by atoms with Crippen molar-refractivity contribution >= 4 is 24.1 Å². The van der Waals surface area contributed by atoms with E-state index in [0.29, 0.717) is 5.82 Å². The van der Waals surface area contributed by atoms with Gasteiger partial charge in [-0.05, 0) is 12.5 Å². The van der Waals surface area contributed by atoms with Crippen molar-refractivity contribution < 1.29 is 4.79 Å². The van der Waals surface area contributed by atoms with E-state index in [1.54, 1.807) is 11.7 Å². The monoisotopic (exact) mass is 294 g/mol. The van der Waals surface area contributed by atoms with E-state index in [9.17, 15) is 4.79 Å². The third-order valence-corrected chi connectivity index (χ3v) is 2.90. The molecule has 0 saturated heterocycles. The zero-order valence-corrected chi connectivity index (χ0v) is 12.4. The van der Waals surface area contributed by atoms with Gasteiger partial charge < -0.3 is 11.1 Å². The molecule has 0 fully saturated rings. The lowest BCUT2D eigenvalue weighted by molar-refractivity contribution is -0.116. The first-order chi connectivity index (χ1) is 9.06. The van der Waals surface area contributed by atoms with Crippen LogP contribution in [0.3, 0.4) is 0 Å². The Balaban J connectivity index is 0.00000200. The summed E-state index contributed by atoms with van der Waals surface area (Å²) in [5.74, 6) is 0.571. The smallest absolute Gasteiger partial charge is 0.227 e. The first-order valence-corrected chi connectivity index (χ1v) is 6.17. The minimum Gasteiger partial charge on any atom is -0.324 e. The number of nitrogens with zero attached hydrogens (tertiary/aromatic N) is 2. The normalized spacial score (nSPS) is 11.6. The maximum atomic E-state index is 11.9. The second kappa shape index (κ2) is 7.07. The highest BCUT2D eigenvalue weighted by atomic mass is 35.5. The molecule has 1 heterocycles. The zero-order valence-electron chi connectivity index (χ0n) is 11.5. The molecule has 2 aromatic rings. The highest BCUT2D eigenvalue weighted by Crippen LogP contribution is 2.15. The van der Waals surface area contributed by atoms with E-state index in [1.165, 1.54) is 0 Å². The summed E-state index contributed by atoms with van der Waals surface area (Å²) in [4.78, 5) is 11.9. The molecule has 1 aromatic heterocycles. The van der Waals surface area contributed by atoms with Crippen molar-refractivity contribution in [1.29, 1.82) is 0 Å². The van der Waals surface area contributed by atoms with E-state index >= 15 is 0 Å². The van der Waals surface area contributed by atoms with Crippen LogP contribution in [0.25, 0.3) is 0 Å². The number of carbonyl (C=O) groups excluding carboxylic acids is 1. The molecule has 0 aliphatic rings. The summed E-state index contributed by atoms with van der Waals surface area (Å²) in [5, 5.41) is 6.99.